The number of hydrogen-bond acceptors (Lipinski definition) is 2. The van der Waals surface area contributed by atoms with Crippen LogP contribution in [0.15, 0.2) is 24.4 Å². The maximum absolute atomic E-state index is 12.6. The highest BCUT2D eigenvalue weighted by atomic mass is 19.4. The molecular formula is C9H11F3N2. The van der Waals surface area contributed by atoms with Crippen LogP contribution in [0.1, 0.15) is 11.7 Å². The van der Waals surface area contributed by atoms with Crippen molar-refractivity contribution < 1.29 is 13.2 Å². The van der Waals surface area contributed by atoms with Crippen molar-refractivity contribution in [2.24, 2.45) is 0 Å². The highest BCUT2D eigenvalue weighted by Gasteiger charge is 2.43. The summed E-state index contributed by atoms with van der Waals surface area (Å²) in [6.07, 6.45) is -2.94. The molecule has 0 radical (unpaired) electrons. The molecule has 0 saturated heterocycles. The quantitative estimate of drug-likeness (QED) is 0.734. The molecule has 0 fully saturated rings. The van der Waals surface area contributed by atoms with Gasteiger partial charge < -0.3 is 0 Å². The summed E-state index contributed by atoms with van der Waals surface area (Å²) < 4.78 is 37.7. The third kappa shape index (κ3) is 2.45. The van der Waals surface area contributed by atoms with Gasteiger partial charge in [-0.25, -0.2) is 0 Å². The van der Waals surface area contributed by atoms with E-state index in [4.69, 9.17) is 0 Å². The average molecular weight is 204 g/mol. The second kappa shape index (κ2) is 3.96. The zero-order valence-corrected chi connectivity index (χ0v) is 7.92. The lowest BCUT2D eigenvalue weighted by Gasteiger charge is -2.25. The Bertz CT molecular complexity index is 282. The lowest BCUT2D eigenvalue weighted by atomic mass is 10.1. The first-order chi connectivity index (χ1) is 6.43. The fourth-order valence-electron chi connectivity index (χ4n) is 1.26. The zero-order chi connectivity index (χ0) is 10.8. The molecule has 0 N–H and O–H groups in total. The summed E-state index contributed by atoms with van der Waals surface area (Å²) in [7, 11) is 2.76. The Kier molecular flexibility index (Phi) is 3.10. The maximum Gasteiger partial charge on any atom is 0.409 e. The fraction of sp³-hybridized carbons (Fsp3) is 0.444. The smallest absolute Gasteiger partial charge is 0.293 e. The molecule has 5 heteroatoms. The minimum absolute atomic E-state index is 0.0185. The van der Waals surface area contributed by atoms with Gasteiger partial charge in [0.15, 0.2) is 0 Å². The first-order valence-corrected chi connectivity index (χ1v) is 4.07. The van der Waals surface area contributed by atoms with E-state index in [-0.39, 0.29) is 5.69 Å². The molecule has 0 aliphatic heterocycles. The Labute approximate surface area is 80.4 Å². The van der Waals surface area contributed by atoms with E-state index in [1.807, 2.05) is 0 Å². The van der Waals surface area contributed by atoms with E-state index in [2.05, 4.69) is 4.98 Å². The Balaban J connectivity index is 3.02. The van der Waals surface area contributed by atoms with Gasteiger partial charge in [0, 0.05) is 6.20 Å². The largest absolute Gasteiger partial charge is 0.409 e. The van der Waals surface area contributed by atoms with E-state index in [0.29, 0.717) is 0 Å². The van der Waals surface area contributed by atoms with E-state index in [9.17, 15) is 13.2 Å². The van der Waals surface area contributed by atoms with Crippen LogP contribution in [0.3, 0.4) is 0 Å². The predicted molar refractivity (Wildman–Crippen MR) is 46.7 cm³/mol. The van der Waals surface area contributed by atoms with Crippen LogP contribution in [0.2, 0.25) is 0 Å². The van der Waals surface area contributed by atoms with Crippen molar-refractivity contribution in [3.63, 3.8) is 0 Å². The van der Waals surface area contributed by atoms with Crippen molar-refractivity contribution in [2.75, 3.05) is 14.1 Å². The molecule has 2 nitrogen and oxygen atoms in total. The molecule has 0 amide bonds. The number of rotatable bonds is 2. The molecule has 14 heavy (non-hydrogen) atoms. The lowest BCUT2D eigenvalue weighted by Crippen LogP contribution is -2.33. The third-order valence-corrected chi connectivity index (χ3v) is 1.79. The van der Waals surface area contributed by atoms with Crippen LogP contribution in [0.25, 0.3) is 0 Å². The van der Waals surface area contributed by atoms with Crippen LogP contribution >= 0.6 is 0 Å². The fourth-order valence-corrected chi connectivity index (χ4v) is 1.26. The molecule has 0 spiro atoms. The lowest BCUT2D eigenvalue weighted by molar-refractivity contribution is -0.180. The van der Waals surface area contributed by atoms with Gasteiger partial charge >= 0.3 is 6.18 Å². The van der Waals surface area contributed by atoms with Gasteiger partial charge in [-0.15, -0.1) is 0 Å². The van der Waals surface area contributed by atoms with Gasteiger partial charge in [0.1, 0.15) is 6.04 Å². The van der Waals surface area contributed by atoms with Gasteiger partial charge in [0.25, 0.3) is 0 Å². The first-order valence-electron chi connectivity index (χ1n) is 4.07. The molecule has 0 saturated carbocycles. The van der Waals surface area contributed by atoms with Gasteiger partial charge in [0.05, 0.1) is 5.69 Å². The third-order valence-electron chi connectivity index (χ3n) is 1.79. The molecule has 1 heterocycles. The number of hydrogen-bond donors (Lipinski definition) is 0. The van der Waals surface area contributed by atoms with Crippen LogP contribution in [0.4, 0.5) is 13.2 Å². The Hall–Kier alpha value is -1.10. The second-order valence-corrected chi connectivity index (χ2v) is 3.16. The number of aromatic nitrogens is 1. The summed E-state index contributed by atoms with van der Waals surface area (Å²) in [5.41, 5.74) is 0.0185. The minimum Gasteiger partial charge on any atom is -0.293 e. The number of pyridine rings is 1. The highest BCUT2D eigenvalue weighted by Crippen LogP contribution is 2.34. The molecule has 1 atom stereocenters. The normalized spacial score (nSPS) is 14.4. The second-order valence-electron chi connectivity index (χ2n) is 3.16. The van der Waals surface area contributed by atoms with Gasteiger partial charge in [-0.3, -0.25) is 9.88 Å². The Morgan fingerprint density at radius 2 is 1.93 bits per heavy atom. The summed E-state index contributed by atoms with van der Waals surface area (Å²) in [6.45, 7) is 0. The van der Waals surface area contributed by atoms with E-state index >= 15 is 0 Å². The summed E-state index contributed by atoms with van der Waals surface area (Å²) in [6, 6.07) is 2.87. The predicted octanol–water partition coefficient (Wildman–Crippen LogP) is 2.25. The van der Waals surface area contributed by atoms with Crippen LogP contribution in [-0.2, 0) is 0 Å². The average Bonchev–Trinajstić information content (AvgIpc) is 2.02. The van der Waals surface area contributed by atoms with Crippen molar-refractivity contribution in [3.8, 4) is 0 Å². The molecule has 1 aromatic rings. The monoisotopic (exact) mass is 204 g/mol. The van der Waals surface area contributed by atoms with E-state index in [1.165, 1.54) is 26.4 Å². The van der Waals surface area contributed by atoms with Gasteiger partial charge in [-0.05, 0) is 26.2 Å². The zero-order valence-electron chi connectivity index (χ0n) is 7.92. The van der Waals surface area contributed by atoms with Crippen LogP contribution in [-0.4, -0.2) is 30.2 Å². The molecule has 1 unspecified atom stereocenters. The molecule has 0 aliphatic rings. The van der Waals surface area contributed by atoms with Crippen molar-refractivity contribution >= 4 is 0 Å². The van der Waals surface area contributed by atoms with Crippen LogP contribution in [0, 0.1) is 0 Å². The van der Waals surface area contributed by atoms with Crippen molar-refractivity contribution in [1.29, 1.82) is 0 Å². The van der Waals surface area contributed by atoms with Gasteiger partial charge in [0.2, 0.25) is 0 Å². The highest BCUT2D eigenvalue weighted by molar-refractivity contribution is 5.10. The molecule has 1 rings (SSSR count). The van der Waals surface area contributed by atoms with E-state index in [1.54, 1.807) is 12.1 Å². The summed E-state index contributed by atoms with van der Waals surface area (Å²) >= 11 is 0. The van der Waals surface area contributed by atoms with Crippen LogP contribution < -0.4 is 0 Å². The minimum atomic E-state index is -4.29. The van der Waals surface area contributed by atoms with E-state index < -0.39 is 12.2 Å². The summed E-state index contributed by atoms with van der Waals surface area (Å²) in [4.78, 5) is 4.80. The Morgan fingerprint density at radius 1 is 1.29 bits per heavy atom. The number of nitrogens with zero attached hydrogens (tertiary/aromatic N) is 2. The van der Waals surface area contributed by atoms with Crippen molar-refractivity contribution in [2.45, 2.75) is 12.2 Å². The van der Waals surface area contributed by atoms with Gasteiger partial charge in [-0.2, -0.15) is 13.2 Å². The summed E-state index contributed by atoms with van der Waals surface area (Å²) in [5.74, 6) is 0. The maximum atomic E-state index is 12.6. The molecule has 1 aromatic heterocycles. The Morgan fingerprint density at radius 3 is 2.29 bits per heavy atom. The number of alkyl halides is 3. The van der Waals surface area contributed by atoms with Crippen molar-refractivity contribution in [1.82, 2.24) is 9.88 Å². The molecule has 0 bridgehead atoms. The SMILES string of the molecule is CN(C)C(c1ccccn1)C(F)(F)F. The summed E-state index contributed by atoms with van der Waals surface area (Å²) in [5, 5.41) is 0. The van der Waals surface area contributed by atoms with Gasteiger partial charge in [-0.1, -0.05) is 6.07 Å². The molecule has 0 aliphatic carbocycles. The number of halogens is 3. The molecular weight excluding hydrogens is 193 g/mol. The first kappa shape index (κ1) is 11.0. The van der Waals surface area contributed by atoms with Crippen molar-refractivity contribution in [3.05, 3.63) is 30.1 Å². The molecule has 0 aromatic carbocycles. The molecule has 78 valence electrons. The topological polar surface area (TPSA) is 16.1 Å². The standard InChI is InChI=1S/C9H11F3N2/c1-14(2)8(9(10,11)12)7-5-3-4-6-13-7/h3-6,8H,1-2H3. The van der Waals surface area contributed by atoms with E-state index in [0.717, 1.165) is 4.90 Å². The van der Waals surface area contributed by atoms with Crippen LogP contribution in [0.5, 0.6) is 0 Å².